The average Bonchev–Trinajstić information content (AvgIpc) is 3.49. The van der Waals surface area contributed by atoms with E-state index in [9.17, 15) is 0 Å². The predicted octanol–water partition coefficient (Wildman–Crippen LogP) is 21.1. The van der Waals surface area contributed by atoms with E-state index < -0.39 is 0 Å². The summed E-state index contributed by atoms with van der Waals surface area (Å²) in [5, 5.41) is 19.8. The summed E-state index contributed by atoms with van der Waals surface area (Å²) in [5.74, 6) is 0. The van der Waals surface area contributed by atoms with Crippen molar-refractivity contribution >= 4 is 103 Å². The van der Waals surface area contributed by atoms with Crippen LogP contribution in [0.5, 0.6) is 0 Å². The van der Waals surface area contributed by atoms with Crippen LogP contribution in [0.25, 0.3) is 131 Å². The summed E-state index contributed by atoms with van der Waals surface area (Å²) in [6, 6.07) is 106. The molecule has 0 bridgehead atoms. The molecule has 348 valence electrons. The van der Waals surface area contributed by atoms with Gasteiger partial charge in [0.15, 0.2) is 0 Å². The van der Waals surface area contributed by atoms with Gasteiger partial charge in [0.1, 0.15) is 0 Å². The largest absolute Gasteiger partial charge is 0.309 e. The SMILES string of the molecule is c1ccc(-c2cc(-c3ccccc3)c3c4ccccc4c4cc(-c5ccc6cc(N(c7cc8ccccc8c8ccccc78)c7cc8ccccc8c8ccccc78)ccc6c5)ccc4c3c2-c2ccccc2)cc1. The monoisotopic (exact) mass is 949 g/mol. The van der Waals surface area contributed by atoms with Gasteiger partial charge < -0.3 is 4.90 Å². The number of hydrogen-bond donors (Lipinski definition) is 0. The number of fused-ring (bicyclic) bond motifs is 13. The Morgan fingerprint density at radius 2 is 0.627 bits per heavy atom. The molecule has 0 aromatic heterocycles. The molecule has 1 nitrogen and oxygen atoms in total. The Morgan fingerprint density at radius 1 is 0.200 bits per heavy atom. The van der Waals surface area contributed by atoms with E-state index >= 15 is 0 Å². The molecule has 15 aromatic carbocycles. The van der Waals surface area contributed by atoms with Crippen molar-refractivity contribution in [1.82, 2.24) is 0 Å². The van der Waals surface area contributed by atoms with Gasteiger partial charge in [-0.2, -0.15) is 0 Å². The smallest absolute Gasteiger partial charge is 0.0546 e. The van der Waals surface area contributed by atoms with Gasteiger partial charge in [0.2, 0.25) is 0 Å². The number of benzene rings is 15. The molecule has 0 spiro atoms. The molecule has 0 radical (unpaired) electrons. The summed E-state index contributed by atoms with van der Waals surface area (Å²) in [4.78, 5) is 2.51. The third-order valence-corrected chi connectivity index (χ3v) is 15.7. The number of nitrogens with zero attached hydrogens (tertiary/aromatic N) is 1. The van der Waals surface area contributed by atoms with Crippen LogP contribution in [-0.2, 0) is 0 Å². The summed E-state index contributed by atoms with van der Waals surface area (Å²) in [6.45, 7) is 0. The molecule has 15 rings (SSSR count). The Balaban J connectivity index is 0.940. The highest BCUT2D eigenvalue weighted by molar-refractivity contribution is 6.33. The molecule has 0 fully saturated rings. The van der Waals surface area contributed by atoms with Crippen molar-refractivity contribution < 1.29 is 0 Å². The Labute approximate surface area is 435 Å². The fourth-order valence-electron chi connectivity index (χ4n) is 12.3. The van der Waals surface area contributed by atoms with E-state index in [-0.39, 0.29) is 0 Å². The molecule has 0 saturated heterocycles. The van der Waals surface area contributed by atoms with Gasteiger partial charge in [-0.15, -0.1) is 0 Å². The van der Waals surface area contributed by atoms with Crippen molar-refractivity contribution in [2.24, 2.45) is 0 Å². The first kappa shape index (κ1) is 42.8. The van der Waals surface area contributed by atoms with E-state index in [0.29, 0.717) is 0 Å². The molecular formula is C74H47N. The molecule has 0 heterocycles. The van der Waals surface area contributed by atoms with Gasteiger partial charge in [0, 0.05) is 16.5 Å². The molecule has 75 heavy (non-hydrogen) atoms. The summed E-state index contributed by atoms with van der Waals surface area (Å²) in [7, 11) is 0. The van der Waals surface area contributed by atoms with E-state index in [4.69, 9.17) is 0 Å². The van der Waals surface area contributed by atoms with E-state index in [0.717, 1.165) is 17.1 Å². The van der Waals surface area contributed by atoms with Crippen LogP contribution in [0.2, 0.25) is 0 Å². The lowest BCUT2D eigenvalue weighted by molar-refractivity contribution is 1.33. The molecule has 0 unspecified atom stereocenters. The fourth-order valence-corrected chi connectivity index (χ4v) is 12.3. The maximum Gasteiger partial charge on any atom is 0.0546 e. The van der Waals surface area contributed by atoms with Crippen molar-refractivity contribution in [3.63, 3.8) is 0 Å². The first-order valence-electron chi connectivity index (χ1n) is 26.0. The minimum Gasteiger partial charge on any atom is -0.309 e. The zero-order valence-electron chi connectivity index (χ0n) is 41.1. The van der Waals surface area contributed by atoms with Crippen molar-refractivity contribution in [3.05, 3.63) is 285 Å². The van der Waals surface area contributed by atoms with Crippen LogP contribution in [-0.4, -0.2) is 0 Å². The zero-order valence-corrected chi connectivity index (χ0v) is 41.1. The maximum atomic E-state index is 2.51. The Bertz CT molecular complexity index is 4630. The molecule has 0 atom stereocenters. The molecule has 1 heteroatoms. The van der Waals surface area contributed by atoms with Crippen LogP contribution < -0.4 is 4.90 Å². The van der Waals surface area contributed by atoms with E-state index in [2.05, 4.69) is 290 Å². The van der Waals surface area contributed by atoms with Crippen LogP contribution in [0.3, 0.4) is 0 Å². The Morgan fingerprint density at radius 3 is 1.23 bits per heavy atom. The van der Waals surface area contributed by atoms with Crippen LogP contribution >= 0.6 is 0 Å². The predicted molar refractivity (Wildman–Crippen MR) is 323 cm³/mol. The number of rotatable bonds is 7. The highest BCUT2D eigenvalue weighted by Gasteiger charge is 2.24. The molecule has 0 N–H and O–H groups in total. The van der Waals surface area contributed by atoms with Gasteiger partial charge in [-0.05, 0) is 162 Å². The highest BCUT2D eigenvalue weighted by atomic mass is 15.1. The normalized spacial score (nSPS) is 11.7. The average molecular weight is 950 g/mol. The van der Waals surface area contributed by atoms with Gasteiger partial charge in [-0.3, -0.25) is 0 Å². The quantitative estimate of drug-likeness (QED) is 0.144. The molecule has 0 saturated carbocycles. The second kappa shape index (κ2) is 17.4. The van der Waals surface area contributed by atoms with Crippen molar-refractivity contribution in [2.75, 3.05) is 4.90 Å². The molecular weight excluding hydrogens is 903 g/mol. The number of hydrogen-bond acceptors (Lipinski definition) is 1. The fraction of sp³-hybridized carbons (Fsp3) is 0. The van der Waals surface area contributed by atoms with Crippen LogP contribution in [0, 0.1) is 0 Å². The second-order valence-corrected chi connectivity index (χ2v) is 19.9. The molecule has 0 amide bonds. The third-order valence-electron chi connectivity index (χ3n) is 15.7. The maximum absolute atomic E-state index is 2.51. The highest BCUT2D eigenvalue weighted by Crippen LogP contribution is 2.51. The lowest BCUT2D eigenvalue weighted by Gasteiger charge is -2.29. The van der Waals surface area contributed by atoms with E-state index in [1.54, 1.807) is 0 Å². The molecule has 15 aromatic rings. The van der Waals surface area contributed by atoms with Crippen molar-refractivity contribution in [2.45, 2.75) is 0 Å². The second-order valence-electron chi connectivity index (χ2n) is 19.9. The molecule has 0 aliphatic heterocycles. The topological polar surface area (TPSA) is 3.24 Å². The number of anilines is 3. The van der Waals surface area contributed by atoms with Gasteiger partial charge in [-0.25, -0.2) is 0 Å². The Kier molecular flexibility index (Phi) is 9.96. The van der Waals surface area contributed by atoms with Crippen LogP contribution in [0.15, 0.2) is 285 Å². The standard InChI is InChI=1S/C74H47N/c1-4-20-48(21-5-1)67-47-68(49-22-6-2-7-23-49)73-65-35-19-16-32-62(65)69-44-54(39-41-66(69)74(73)72(67)50-24-8-3-9-25-50)51-36-37-53-43-57(40-38-52(53)42-51)75(70-45-55-26-10-12-28-58(55)60-30-14-17-33-63(60)70)71-46-56-27-11-13-29-59(56)61-31-15-18-34-64(61)71/h1-47H. The van der Waals surface area contributed by atoms with E-state index in [1.165, 1.54) is 131 Å². The molecule has 0 aliphatic carbocycles. The van der Waals surface area contributed by atoms with Crippen molar-refractivity contribution in [1.29, 1.82) is 0 Å². The Hall–Kier alpha value is -9.82. The van der Waals surface area contributed by atoms with Gasteiger partial charge in [0.05, 0.1) is 11.4 Å². The summed E-state index contributed by atoms with van der Waals surface area (Å²) >= 11 is 0. The van der Waals surface area contributed by atoms with Gasteiger partial charge in [-0.1, -0.05) is 243 Å². The van der Waals surface area contributed by atoms with E-state index in [1.807, 2.05) is 0 Å². The van der Waals surface area contributed by atoms with Gasteiger partial charge >= 0.3 is 0 Å². The third kappa shape index (κ3) is 7.01. The van der Waals surface area contributed by atoms with Crippen LogP contribution in [0.4, 0.5) is 17.1 Å². The summed E-state index contributed by atoms with van der Waals surface area (Å²) in [6.07, 6.45) is 0. The minimum atomic E-state index is 1.11. The van der Waals surface area contributed by atoms with Crippen molar-refractivity contribution in [3.8, 4) is 44.5 Å². The summed E-state index contributed by atoms with van der Waals surface area (Å²) < 4.78 is 0. The lowest BCUT2D eigenvalue weighted by Crippen LogP contribution is -2.11. The van der Waals surface area contributed by atoms with Gasteiger partial charge in [0.25, 0.3) is 0 Å². The minimum absolute atomic E-state index is 1.11. The first-order valence-corrected chi connectivity index (χ1v) is 26.0. The summed E-state index contributed by atoms with van der Waals surface area (Å²) in [5.41, 5.74) is 13.1. The zero-order chi connectivity index (χ0) is 49.4. The van der Waals surface area contributed by atoms with Crippen LogP contribution in [0.1, 0.15) is 0 Å². The first-order chi connectivity index (χ1) is 37.2. The molecule has 0 aliphatic rings. The lowest BCUT2D eigenvalue weighted by atomic mass is 9.81.